The highest BCUT2D eigenvalue weighted by atomic mass is 16.6. The summed E-state index contributed by atoms with van der Waals surface area (Å²) in [5.74, 6) is 0.0503. The van der Waals surface area contributed by atoms with Gasteiger partial charge in [0.1, 0.15) is 13.2 Å². The third-order valence-electron chi connectivity index (χ3n) is 5.76. The van der Waals surface area contributed by atoms with Gasteiger partial charge < -0.3 is 19.3 Å². The van der Waals surface area contributed by atoms with E-state index in [9.17, 15) is 14.4 Å². The molecule has 0 spiro atoms. The minimum Gasteiger partial charge on any atom is -0.469 e. The van der Waals surface area contributed by atoms with Crippen LogP contribution in [0.3, 0.4) is 0 Å². The summed E-state index contributed by atoms with van der Waals surface area (Å²) in [6.07, 6.45) is 1.49. The van der Waals surface area contributed by atoms with Gasteiger partial charge in [-0.15, -0.1) is 0 Å². The molecule has 170 valence electrons. The number of piperidine rings is 1. The molecule has 0 atom stereocenters. The first-order valence-electron chi connectivity index (χ1n) is 10.8. The van der Waals surface area contributed by atoms with Gasteiger partial charge in [0.05, 0.1) is 13.5 Å². The predicted molar refractivity (Wildman–Crippen MR) is 120 cm³/mol. The van der Waals surface area contributed by atoms with Crippen molar-refractivity contribution in [2.75, 3.05) is 33.8 Å². The lowest BCUT2D eigenvalue weighted by molar-refractivity contribution is -0.139. The molecule has 7 heteroatoms. The standard InChI is InChI=1S/C25H30N2O5/c1-26(25(30)32-18-20-6-4-3-5-7-20)17-23(28)27-14-12-22(13-15-27)21-10-8-19(9-11-21)16-24(29)31-2/h3-11,22H,12-18H2,1-2H3. The Morgan fingerprint density at radius 2 is 1.62 bits per heavy atom. The Kier molecular flexibility index (Phi) is 8.25. The lowest BCUT2D eigenvalue weighted by Gasteiger charge is -2.33. The first-order valence-corrected chi connectivity index (χ1v) is 10.8. The van der Waals surface area contributed by atoms with Gasteiger partial charge in [-0.25, -0.2) is 4.79 Å². The van der Waals surface area contributed by atoms with Crippen molar-refractivity contribution in [3.8, 4) is 0 Å². The van der Waals surface area contributed by atoms with Crippen LogP contribution in [0, 0.1) is 0 Å². The van der Waals surface area contributed by atoms with E-state index in [1.165, 1.54) is 17.6 Å². The molecule has 0 aliphatic carbocycles. The maximum atomic E-state index is 12.6. The molecule has 2 aromatic rings. The van der Waals surface area contributed by atoms with E-state index in [1.807, 2.05) is 47.4 Å². The van der Waals surface area contributed by atoms with Gasteiger partial charge in [0.2, 0.25) is 5.91 Å². The third-order valence-corrected chi connectivity index (χ3v) is 5.76. The summed E-state index contributed by atoms with van der Waals surface area (Å²) in [5, 5.41) is 0. The van der Waals surface area contributed by atoms with Crippen molar-refractivity contribution >= 4 is 18.0 Å². The van der Waals surface area contributed by atoms with Crippen molar-refractivity contribution in [2.45, 2.75) is 31.8 Å². The van der Waals surface area contributed by atoms with E-state index >= 15 is 0 Å². The molecule has 2 aromatic carbocycles. The Morgan fingerprint density at radius 3 is 2.25 bits per heavy atom. The Labute approximate surface area is 188 Å². The lowest BCUT2D eigenvalue weighted by atomic mass is 9.89. The summed E-state index contributed by atoms with van der Waals surface area (Å²) in [7, 11) is 2.96. The van der Waals surface area contributed by atoms with E-state index in [-0.39, 0.29) is 31.4 Å². The summed E-state index contributed by atoms with van der Waals surface area (Å²) in [6, 6.07) is 17.5. The number of likely N-dealkylation sites (N-methyl/N-ethyl adjacent to an activating group) is 1. The van der Waals surface area contributed by atoms with Gasteiger partial charge in [0.25, 0.3) is 0 Å². The molecular formula is C25H30N2O5. The van der Waals surface area contributed by atoms with Gasteiger partial charge in [0, 0.05) is 20.1 Å². The summed E-state index contributed by atoms with van der Waals surface area (Å²) >= 11 is 0. The molecule has 2 amide bonds. The van der Waals surface area contributed by atoms with E-state index in [4.69, 9.17) is 9.47 Å². The molecule has 0 bridgehead atoms. The van der Waals surface area contributed by atoms with Crippen molar-refractivity contribution in [2.24, 2.45) is 0 Å². The molecule has 3 rings (SSSR count). The average molecular weight is 439 g/mol. The van der Waals surface area contributed by atoms with Crippen molar-refractivity contribution in [1.82, 2.24) is 9.80 Å². The largest absolute Gasteiger partial charge is 0.469 e. The van der Waals surface area contributed by atoms with Crippen molar-refractivity contribution in [3.05, 3.63) is 71.3 Å². The summed E-state index contributed by atoms with van der Waals surface area (Å²) in [6.45, 7) is 1.49. The average Bonchev–Trinajstić information content (AvgIpc) is 2.83. The van der Waals surface area contributed by atoms with Gasteiger partial charge in [-0.3, -0.25) is 9.59 Å². The van der Waals surface area contributed by atoms with Crippen molar-refractivity contribution in [1.29, 1.82) is 0 Å². The summed E-state index contributed by atoms with van der Waals surface area (Å²) in [4.78, 5) is 39.3. The topological polar surface area (TPSA) is 76.2 Å². The van der Waals surface area contributed by atoms with Crippen LogP contribution in [0.15, 0.2) is 54.6 Å². The summed E-state index contributed by atoms with van der Waals surface area (Å²) in [5.41, 5.74) is 3.05. The van der Waals surface area contributed by atoms with E-state index in [0.717, 1.165) is 24.0 Å². The number of hydrogen-bond donors (Lipinski definition) is 0. The Morgan fingerprint density at radius 1 is 0.969 bits per heavy atom. The van der Waals surface area contributed by atoms with Crippen LogP contribution in [0.4, 0.5) is 4.79 Å². The molecule has 1 fully saturated rings. The molecule has 7 nitrogen and oxygen atoms in total. The molecule has 1 aliphatic rings. The van der Waals surface area contributed by atoms with Crippen LogP contribution in [0.5, 0.6) is 0 Å². The van der Waals surface area contributed by atoms with Gasteiger partial charge in [-0.2, -0.15) is 0 Å². The second-order valence-corrected chi connectivity index (χ2v) is 8.05. The van der Waals surface area contributed by atoms with Crippen LogP contribution in [0.2, 0.25) is 0 Å². The monoisotopic (exact) mass is 438 g/mol. The Bertz CT molecular complexity index is 906. The van der Waals surface area contributed by atoms with Gasteiger partial charge in [-0.1, -0.05) is 54.6 Å². The fourth-order valence-electron chi connectivity index (χ4n) is 3.81. The van der Waals surface area contributed by atoms with Crippen LogP contribution in [0.1, 0.15) is 35.4 Å². The lowest BCUT2D eigenvalue weighted by Crippen LogP contribution is -2.44. The highest BCUT2D eigenvalue weighted by Crippen LogP contribution is 2.28. The zero-order valence-electron chi connectivity index (χ0n) is 18.7. The fourth-order valence-corrected chi connectivity index (χ4v) is 3.81. The van der Waals surface area contributed by atoms with Crippen molar-refractivity contribution < 1.29 is 23.9 Å². The number of rotatable bonds is 7. The number of ether oxygens (including phenoxy) is 2. The second-order valence-electron chi connectivity index (χ2n) is 8.05. The molecular weight excluding hydrogens is 408 g/mol. The van der Waals surface area contributed by atoms with Gasteiger partial charge in [0.15, 0.2) is 0 Å². The number of hydrogen-bond acceptors (Lipinski definition) is 5. The first-order chi connectivity index (χ1) is 15.5. The molecule has 0 radical (unpaired) electrons. The number of carbonyl (C=O) groups is 3. The van der Waals surface area contributed by atoms with E-state index < -0.39 is 6.09 Å². The number of carbonyl (C=O) groups excluding carboxylic acids is 3. The third kappa shape index (κ3) is 6.57. The molecule has 1 heterocycles. The zero-order valence-corrected chi connectivity index (χ0v) is 18.7. The number of likely N-dealkylation sites (tertiary alicyclic amines) is 1. The number of nitrogens with zero attached hydrogens (tertiary/aromatic N) is 2. The van der Waals surface area contributed by atoms with Crippen molar-refractivity contribution in [3.63, 3.8) is 0 Å². The van der Waals surface area contributed by atoms with E-state index in [0.29, 0.717) is 19.0 Å². The Balaban J connectivity index is 1.42. The van der Waals surface area contributed by atoms with E-state index in [2.05, 4.69) is 12.1 Å². The van der Waals surface area contributed by atoms with Crippen LogP contribution in [0.25, 0.3) is 0 Å². The van der Waals surface area contributed by atoms with Crippen LogP contribution < -0.4 is 0 Å². The van der Waals surface area contributed by atoms with Crippen LogP contribution in [-0.2, 0) is 32.1 Å². The molecule has 1 aliphatic heterocycles. The molecule has 0 unspecified atom stereocenters. The SMILES string of the molecule is COC(=O)Cc1ccc(C2CCN(C(=O)CN(C)C(=O)OCc3ccccc3)CC2)cc1. The molecule has 0 aromatic heterocycles. The molecule has 0 N–H and O–H groups in total. The molecule has 1 saturated heterocycles. The Hall–Kier alpha value is -3.35. The highest BCUT2D eigenvalue weighted by molar-refractivity contribution is 5.82. The highest BCUT2D eigenvalue weighted by Gasteiger charge is 2.25. The maximum Gasteiger partial charge on any atom is 0.410 e. The smallest absolute Gasteiger partial charge is 0.410 e. The second kappa shape index (κ2) is 11.3. The first kappa shape index (κ1) is 23.3. The quantitative estimate of drug-likeness (QED) is 0.620. The minimum atomic E-state index is -0.510. The molecule has 32 heavy (non-hydrogen) atoms. The predicted octanol–water partition coefficient (Wildman–Crippen LogP) is 3.38. The molecule has 0 saturated carbocycles. The number of amides is 2. The van der Waals surface area contributed by atoms with E-state index in [1.54, 1.807) is 7.05 Å². The minimum absolute atomic E-state index is 0.000511. The number of benzene rings is 2. The fraction of sp³-hybridized carbons (Fsp3) is 0.400. The van der Waals surface area contributed by atoms with Gasteiger partial charge >= 0.3 is 12.1 Å². The zero-order chi connectivity index (χ0) is 22.9. The maximum absolute atomic E-state index is 12.6. The van der Waals surface area contributed by atoms with Gasteiger partial charge in [-0.05, 0) is 35.4 Å². The summed E-state index contributed by atoms with van der Waals surface area (Å²) < 4.78 is 9.98. The number of esters is 1. The van der Waals surface area contributed by atoms with Crippen LogP contribution >= 0.6 is 0 Å². The van der Waals surface area contributed by atoms with Crippen LogP contribution in [-0.4, -0.2) is 61.6 Å². The number of methoxy groups -OCH3 is 1. The normalized spacial score (nSPS) is 14.0.